The van der Waals surface area contributed by atoms with Gasteiger partial charge < -0.3 is 10.6 Å². The third-order valence-electron chi connectivity index (χ3n) is 4.63. The Morgan fingerprint density at radius 2 is 1.59 bits per heavy atom. The summed E-state index contributed by atoms with van der Waals surface area (Å²) < 4.78 is 0. The fourth-order valence-corrected chi connectivity index (χ4v) is 3.34. The first-order valence-corrected chi connectivity index (χ1v) is 8.42. The number of aryl methyl sites for hydroxylation is 1. The Balaban J connectivity index is 1.96. The SMILES string of the molecule is Cc1ccc(C(N)c2ccccc2)c(N2CCCCCC2)c1. The van der Waals surface area contributed by atoms with Crippen molar-refractivity contribution in [3.63, 3.8) is 0 Å². The summed E-state index contributed by atoms with van der Waals surface area (Å²) in [5.74, 6) is 0. The molecule has 2 aromatic rings. The number of hydrogen-bond donors (Lipinski definition) is 1. The highest BCUT2D eigenvalue weighted by Gasteiger charge is 2.18. The third kappa shape index (κ3) is 3.33. The Morgan fingerprint density at radius 1 is 0.909 bits per heavy atom. The molecule has 1 aliphatic heterocycles. The number of nitrogens with zero attached hydrogens (tertiary/aromatic N) is 1. The molecule has 2 nitrogen and oxygen atoms in total. The third-order valence-corrected chi connectivity index (χ3v) is 4.63. The first-order valence-electron chi connectivity index (χ1n) is 8.42. The van der Waals surface area contributed by atoms with E-state index in [1.54, 1.807) is 0 Å². The van der Waals surface area contributed by atoms with Gasteiger partial charge in [0.15, 0.2) is 0 Å². The van der Waals surface area contributed by atoms with Crippen LogP contribution in [0.25, 0.3) is 0 Å². The summed E-state index contributed by atoms with van der Waals surface area (Å²) in [4.78, 5) is 2.54. The maximum atomic E-state index is 6.59. The number of anilines is 1. The lowest BCUT2D eigenvalue weighted by Gasteiger charge is -2.28. The van der Waals surface area contributed by atoms with E-state index in [1.807, 2.05) is 6.07 Å². The standard InChI is InChI=1S/C20H26N2/c1-16-11-12-18(20(21)17-9-5-4-6-10-17)19(15-16)22-13-7-2-3-8-14-22/h4-6,9-12,15,20H,2-3,7-8,13-14,21H2,1H3. The Bertz CT molecular complexity index is 598. The lowest BCUT2D eigenvalue weighted by atomic mass is 9.96. The predicted molar refractivity (Wildman–Crippen MR) is 94.3 cm³/mol. The zero-order valence-electron chi connectivity index (χ0n) is 13.5. The molecule has 1 fully saturated rings. The second-order valence-electron chi connectivity index (χ2n) is 6.35. The average Bonchev–Trinajstić information content (AvgIpc) is 2.84. The first kappa shape index (κ1) is 15.1. The predicted octanol–water partition coefficient (Wildman–Crippen LogP) is 4.42. The molecule has 1 atom stereocenters. The van der Waals surface area contributed by atoms with Gasteiger partial charge in [-0.3, -0.25) is 0 Å². The Morgan fingerprint density at radius 3 is 2.27 bits per heavy atom. The van der Waals surface area contributed by atoms with Crippen LogP contribution in [-0.4, -0.2) is 13.1 Å². The van der Waals surface area contributed by atoms with Crippen molar-refractivity contribution in [2.45, 2.75) is 38.6 Å². The molecular weight excluding hydrogens is 268 g/mol. The largest absolute Gasteiger partial charge is 0.371 e. The Kier molecular flexibility index (Phi) is 4.79. The summed E-state index contributed by atoms with van der Waals surface area (Å²) in [6.07, 6.45) is 5.27. The van der Waals surface area contributed by atoms with Crippen molar-refractivity contribution in [2.24, 2.45) is 5.73 Å². The molecule has 0 aliphatic carbocycles. The van der Waals surface area contributed by atoms with Crippen molar-refractivity contribution in [3.05, 3.63) is 65.2 Å². The van der Waals surface area contributed by atoms with Crippen LogP contribution in [0.2, 0.25) is 0 Å². The van der Waals surface area contributed by atoms with E-state index in [0.29, 0.717) is 0 Å². The average molecular weight is 294 g/mol. The zero-order valence-corrected chi connectivity index (χ0v) is 13.5. The maximum Gasteiger partial charge on any atom is 0.0572 e. The summed E-state index contributed by atoms with van der Waals surface area (Å²) in [5, 5.41) is 0. The molecule has 0 radical (unpaired) electrons. The maximum absolute atomic E-state index is 6.59. The minimum atomic E-state index is -0.0555. The molecule has 116 valence electrons. The highest BCUT2D eigenvalue weighted by atomic mass is 15.1. The quantitative estimate of drug-likeness (QED) is 0.907. The molecule has 1 aliphatic rings. The topological polar surface area (TPSA) is 29.3 Å². The molecular formula is C20H26N2. The lowest BCUT2D eigenvalue weighted by Crippen LogP contribution is -2.27. The van der Waals surface area contributed by atoms with Gasteiger partial charge in [-0.15, -0.1) is 0 Å². The van der Waals surface area contributed by atoms with Crippen molar-refractivity contribution < 1.29 is 0 Å². The molecule has 0 saturated carbocycles. The number of benzene rings is 2. The van der Waals surface area contributed by atoms with Crippen LogP contribution in [-0.2, 0) is 0 Å². The minimum Gasteiger partial charge on any atom is -0.371 e. The fourth-order valence-electron chi connectivity index (χ4n) is 3.34. The van der Waals surface area contributed by atoms with E-state index in [2.05, 4.69) is 54.3 Å². The van der Waals surface area contributed by atoms with Crippen LogP contribution in [0, 0.1) is 6.92 Å². The molecule has 0 bridgehead atoms. The van der Waals surface area contributed by atoms with E-state index in [4.69, 9.17) is 5.73 Å². The molecule has 1 saturated heterocycles. The van der Waals surface area contributed by atoms with Gasteiger partial charge in [0.1, 0.15) is 0 Å². The van der Waals surface area contributed by atoms with Crippen molar-refractivity contribution in [1.82, 2.24) is 0 Å². The lowest BCUT2D eigenvalue weighted by molar-refractivity contribution is 0.726. The highest BCUT2D eigenvalue weighted by Crippen LogP contribution is 2.31. The monoisotopic (exact) mass is 294 g/mol. The van der Waals surface area contributed by atoms with Gasteiger partial charge >= 0.3 is 0 Å². The van der Waals surface area contributed by atoms with Gasteiger partial charge in [0.25, 0.3) is 0 Å². The van der Waals surface area contributed by atoms with Crippen LogP contribution in [0.4, 0.5) is 5.69 Å². The molecule has 0 spiro atoms. The van der Waals surface area contributed by atoms with Crippen LogP contribution in [0.5, 0.6) is 0 Å². The summed E-state index contributed by atoms with van der Waals surface area (Å²) in [6.45, 7) is 4.47. The van der Waals surface area contributed by atoms with Crippen LogP contribution in [0.3, 0.4) is 0 Å². The number of hydrogen-bond acceptors (Lipinski definition) is 2. The van der Waals surface area contributed by atoms with Gasteiger partial charge in [-0.1, -0.05) is 55.3 Å². The van der Waals surface area contributed by atoms with Crippen molar-refractivity contribution >= 4 is 5.69 Å². The molecule has 2 aromatic carbocycles. The molecule has 1 unspecified atom stereocenters. The van der Waals surface area contributed by atoms with Gasteiger partial charge in [-0.05, 0) is 42.5 Å². The van der Waals surface area contributed by atoms with Gasteiger partial charge in [-0.2, -0.15) is 0 Å². The van der Waals surface area contributed by atoms with Crippen molar-refractivity contribution in [2.75, 3.05) is 18.0 Å². The van der Waals surface area contributed by atoms with Gasteiger partial charge in [0.2, 0.25) is 0 Å². The van der Waals surface area contributed by atoms with E-state index < -0.39 is 0 Å². The van der Waals surface area contributed by atoms with Gasteiger partial charge in [0.05, 0.1) is 6.04 Å². The first-order chi connectivity index (χ1) is 10.8. The fraction of sp³-hybridized carbons (Fsp3) is 0.400. The molecule has 22 heavy (non-hydrogen) atoms. The summed E-state index contributed by atoms with van der Waals surface area (Å²) in [6, 6.07) is 17.1. The molecule has 1 heterocycles. The number of nitrogens with two attached hydrogens (primary N) is 1. The van der Waals surface area contributed by atoms with Crippen molar-refractivity contribution in [3.8, 4) is 0 Å². The normalized spacial score (nSPS) is 17.1. The van der Waals surface area contributed by atoms with Crippen LogP contribution < -0.4 is 10.6 Å². The zero-order chi connectivity index (χ0) is 15.4. The van der Waals surface area contributed by atoms with E-state index >= 15 is 0 Å². The van der Waals surface area contributed by atoms with Gasteiger partial charge in [0, 0.05) is 18.8 Å². The van der Waals surface area contributed by atoms with E-state index in [0.717, 1.165) is 13.1 Å². The molecule has 2 heteroatoms. The van der Waals surface area contributed by atoms with E-state index in [1.165, 1.54) is 48.1 Å². The molecule has 3 rings (SSSR count). The van der Waals surface area contributed by atoms with Crippen LogP contribution in [0.15, 0.2) is 48.5 Å². The van der Waals surface area contributed by atoms with Crippen LogP contribution >= 0.6 is 0 Å². The summed E-state index contributed by atoms with van der Waals surface area (Å²) in [5.41, 5.74) is 11.7. The summed E-state index contributed by atoms with van der Waals surface area (Å²) in [7, 11) is 0. The Labute approximate surface area is 134 Å². The second-order valence-corrected chi connectivity index (χ2v) is 6.35. The van der Waals surface area contributed by atoms with E-state index in [9.17, 15) is 0 Å². The van der Waals surface area contributed by atoms with Crippen LogP contribution in [0.1, 0.15) is 48.4 Å². The molecule has 0 aromatic heterocycles. The molecule has 2 N–H and O–H groups in total. The number of rotatable bonds is 3. The molecule has 0 amide bonds. The second kappa shape index (κ2) is 6.97. The minimum absolute atomic E-state index is 0.0555. The summed E-state index contributed by atoms with van der Waals surface area (Å²) >= 11 is 0. The smallest absolute Gasteiger partial charge is 0.0572 e. The van der Waals surface area contributed by atoms with Gasteiger partial charge in [-0.25, -0.2) is 0 Å². The Hall–Kier alpha value is -1.80. The highest BCUT2D eigenvalue weighted by molar-refractivity contribution is 5.58. The van der Waals surface area contributed by atoms with Crippen molar-refractivity contribution in [1.29, 1.82) is 0 Å². The van der Waals surface area contributed by atoms with E-state index in [-0.39, 0.29) is 6.04 Å².